The quantitative estimate of drug-likeness (QED) is 0.786. The number of amides is 2. The van der Waals surface area contributed by atoms with Gasteiger partial charge in [-0.25, -0.2) is 9.59 Å². The first-order valence-corrected chi connectivity index (χ1v) is 8.12. The molecular weight excluding hydrogens is 284 g/mol. The summed E-state index contributed by atoms with van der Waals surface area (Å²) in [5.74, 6) is 0.371. The molecule has 2 amide bonds. The Labute approximate surface area is 132 Å². The van der Waals surface area contributed by atoms with Gasteiger partial charge in [0.15, 0.2) is 0 Å². The molecule has 22 heavy (non-hydrogen) atoms. The third-order valence-electron chi connectivity index (χ3n) is 4.22. The molecule has 2 heterocycles. The van der Waals surface area contributed by atoms with E-state index in [2.05, 4.69) is 13.8 Å². The van der Waals surface area contributed by atoms with Crippen molar-refractivity contribution in [1.29, 1.82) is 0 Å². The van der Waals surface area contributed by atoms with Crippen LogP contribution in [0.25, 0.3) is 0 Å². The van der Waals surface area contributed by atoms with E-state index in [-0.39, 0.29) is 24.3 Å². The average molecular weight is 312 g/mol. The number of hydrogen-bond donors (Lipinski definition) is 0. The first kappa shape index (κ1) is 16.9. The number of cyclic esters (lactones) is 1. The highest BCUT2D eigenvalue weighted by atomic mass is 16.6. The highest BCUT2D eigenvalue weighted by molar-refractivity contribution is 5.71. The Morgan fingerprint density at radius 3 is 2.36 bits per heavy atom. The highest BCUT2D eigenvalue weighted by Crippen LogP contribution is 2.27. The van der Waals surface area contributed by atoms with Crippen molar-refractivity contribution in [2.45, 2.75) is 65.1 Å². The topological polar surface area (TPSA) is 59.1 Å². The molecule has 0 spiro atoms. The molecule has 2 aliphatic rings. The Morgan fingerprint density at radius 2 is 1.86 bits per heavy atom. The summed E-state index contributed by atoms with van der Waals surface area (Å²) in [5.41, 5.74) is -0.477. The number of carbonyl (C=O) groups excluding carboxylic acids is 2. The molecule has 0 bridgehead atoms. The van der Waals surface area contributed by atoms with Crippen LogP contribution in [0, 0.1) is 5.92 Å². The van der Waals surface area contributed by atoms with E-state index in [1.54, 1.807) is 4.90 Å². The predicted octanol–water partition coefficient (Wildman–Crippen LogP) is 2.86. The van der Waals surface area contributed by atoms with Crippen LogP contribution in [0.5, 0.6) is 0 Å². The third-order valence-corrected chi connectivity index (χ3v) is 4.22. The summed E-state index contributed by atoms with van der Waals surface area (Å²) in [4.78, 5) is 27.7. The minimum atomic E-state index is -0.477. The summed E-state index contributed by atoms with van der Waals surface area (Å²) < 4.78 is 10.6. The molecule has 0 unspecified atom stereocenters. The van der Waals surface area contributed by atoms with Gasteiger partial charge in [0.1, 0.15) is 12.2 Å². The van der Waals surface area contributed by atoms with Gasteiger partial charge in [-0.1, -0.05) is 13.8 Å². The molecule has 0 aromatic carbocycles. The number of carbonyl (C=O) groups is 2. The third kappa shape index (κ3) is 3.84. The van der Waals surface area contributed by atoms with Crippen molar-refractivity contribution < 1.29 is 19.1 Å². The monoisotopic (exact) mass is 312 g/mol. The van der Waals surface area contributed by atoms with E-state index in [0.29, 0.717) is 25.6 Å². The Hall–Kier alpha value is -1.46. The zero-order valence-corrected chi connectivity index (χ0v) is 14.3. The molecule has 0 radical (unpaired) electrons. The Kier molecular flexibility index (Phi) is 4.87. The lowest BCUT2D eigenvalue weighted by molar-refractivity contribution is 0.0150. The van der Waals surface area contributed by atoms with Crippen molar-refractivity contribution in [3.63, 3.8) is 0 Å². The molecule has 1 atom stereocenters. The molecular formula is C16H28N2O4. The minimum Gasteiger partial charge on any atom is -0.447 e. The molecule has 6 heteroatoms. The van der Waals surface area contributed by atoms with E-state index in [0.717, 1.165) is 12.8 Å². The number of rotatable bonds is 2. The lowest BCUT2D eigenvalue weighted by atomic mass is 9.98. The van der Waals surface area contributed by atoms with Crippen LogP contribution in [-0.2, 0) is 9.47 Å². The first-order chi connectivity index (χ1) is 10.2. The zero-order chi connectivity index (χ0) is 16.5. The molecule has 2 fully saturated rings. The molecule has 2 saturated heterocycles. The van der Waals surface area contributed by atoms with Crippen LogP contribution in [0.2, 0.25) is 0 Å². The molecule has 0 saturated carbocycles. The largest absolute Gasteiger partial charge is 0.447 e. The van der Waals surface area contributed by atoms with Crippen LogP contribution >= 0.6 is 0 Å². The van der Waals surface area contributed by atoms with Gasteiger partial charge in [-0.2, -0.15) is 0 Å². The fourth-order valence-electron chi connectivity index (χ4n) is 3.03. The second kappa shape index (κ2) is 6.34. The van der Waals surface area contributed by atoms with Crippen molar-refractivity contribution in [2.24, 2.45) is 5.92 Å². The van der Waals surface area contributed by atoms with E-state index < -0.39 is 5.60 Å². The van der Waals surface area contributed by atoms with Gasteiger partial charge < -0.3 is 14.4 Å². The summed E-state index contributed by atoms with van der Waals surface area (Å²) in [5, 5.41) is 0. The summed E-state index contributed by atoms with van der Waals surface area (Å²) in [7, 11) is 0. The van der Waals surface area contributed by atoms with E-state index in [4.69, 9.17) is 9.47 Å². The summed E-state index contributed by atoms with van der Waals surface area (Å²) in [6.45, 7) is 11.5. The fraction of sp³-hybridized carbons (Fsp3) is 0.875. The molecule has 0 aromatic rings. The number of likely N-dealkylation sites (tertiary alicyclic amines) is 1. The maximum Gasteiger partial charge on any atom is 0.410 e. The van der Waals surface area contributed by atoms with E-state index in [1.165, 1.54) is 0 Å². The van der Waals surface area contributed by atoms with Gasteiger partial charge >= 0.3 is 12.2 Å². The maximum atomic E-state index is 12.1. The minimum absolute atomic E-state index is 0.144. The van der Waals surface area contributed by atoms with Crippen LogP contribution in [-0.4, -0.2) is 59.4 Å². The van der Waals surface area contributed by atoms with Crippen molar-refractivity contribution >= 4 is 12.2 Å². The highest BCUT2D eigenvalue weighted by Gasteiger charge is 2.41. The normalized spacial score (nSPS) is 23.9. The van der Waals surface area contributed by atoms with Crippen LogP contribution < -0.4 is 0 Å². The second-order valence-corrected chi connectivity index (χ2v) is 7.49. The molecule has 126 valence electrons. The van der Waals surface area contributed by atoms with Gasteiger partial charge in [-0.05, 0) is 39.5 Å². The molecule has 0 aliphatic carbocycles. The van der Waals surface area contributed by atoms with E-state index in [1.807, 2.05) is 25.7 Å². The number of piperidine rings is 1. The number of ether oxygens (including phenoxy) is 2. The van der Waals surface area contributed by atoms with Gasteiger partial charge in [-0.15, -0.1) is 0 Å². The average Bonchev–Trinajstić information content (AvgIpc) is 2.79. The summed E-state index contributed by atoms with van der Waals surface area (Å²) in [6, 6.07) is 0.298. The molecule has 6 nitrogen and oxygen atoms in total. The first-order valence-electron chi connectivity index (χ1n) is 8.12. The van der Waals surface area contributed by atoms with Gasteiger partial charge in [0.25, 0.3) is 0 Å². The van der Waals surface area contributed by atoms with Gasteiger partial charge in [-0.3, -0.25) is 4.90 Å². The van der Waals surface area contributed by atoms with Crippen molar-refractivity contribution in [1.82, 2.24) is 9.80 Å². The van der Waals surface area contributed by atoms with Crippen LogP contribution in [0.3, 0.4) is 0 Å². The molecule has 2 aliphatic heterocycles. The summed E-state index contributed by atoms with van der Waals surface area (Å²) in [6.07, 6.45) is 1.07. The SMILES string of the molecule is CC(C)[C@@H]1COC(=O)N1C1CCN(C(=O)OC(C)(C)C)CC1. The summed E-state index contributed by atoms with van der Waals surface area (Å²) >= 11 is 0. The Bertz CT molecular complexity index is 422. The van der Waals surface area contributed by atoms with Gasteiger partial charge in [0.05, 0.1) is 6.04 Å². The zero-order valence-electron chi connectivity index (χ0n) is 14.3. The number of nitrogens with zero attached hydrogens (tertiary/aromatic N) is 2. The van der Waals surface area contributed by atoms with E-state index >= 15 is 0 Å². The Balaban J connectivity index is 1.91. The van der Waals surface area contributed by atoms with Crippen LogP contribution in [0.15, 0.2) is 0 Å². The van der Waals surface area contributed by atoms with Crippen LogP contribution in [0.4, 0.5) is 9.59 Å². The fourth-order valence-corrected chi connectivity index (χ4v) is 3.03. The van der Waals surface area contributed by atoms with Crippen molar-refractivity contribution in [2.75, 3.05) is 19.7 Å². The molecule has 0 N–H and O–H groups in total. The standard InChI is InChI=1S/C16H28N2O4/c1-11(2)13-10-21-15(20)18(13)12-6-8-17(9-7-12)14(19)22-16(3,4)5/h11-13H,6-10H2,1-5H3/t13-/m0/s1. The lowest BCUT2D eigenvalue weighted by Crippen LogP contribution is -2.51. The maximum absolute atomic E-state index is 12.1. The number of hydrogen-bond acceptors (Lipinski definition) is 4. The van der Waals surface area contributed by atoms with Crippen LogP contribution in [0.1, 0.15) is 47.5 Å². The smallest absolute Gasteiger partial charge is 0.410 e. The van der Waals surface area contributed by atoms with Crippen molar-refractivity contribution in [3.8, 4) is 0 Å². The second-order valence-electron chi connectivity index (χ2n) is 7.49. The van der Waals surface area contributed by atoms with Gasteiger partial charge in [0, 0.05) is 19.1 Å². The van der Waals surface area contributed by atoms with E-state index in [9.17, 15) is 9.59 Å². The molecule has 0 aromatic heterocycles. The van der Waals surface area contributed by atoms with Crippen molar-refractivity contribution in [3.05, 3.63) is 0 Å². The lowest BCUT2D eigenvalue weighted by Gasteiger charge is -2.39. The van der Waals surface area contributed by atoms with Gasteiger partial charge in [0.2, 0.25) is 0 Å². The molecule has 2 rings (SSSR count). The Morgan fingerprint density at radius 1 is 1.27 bits per heavy atom. The predicted molar refractivity (Wildman–Crippen MR) is 82.6 cm³/mol.